The van der Waals surface area contributed by atoms with Gasteiger partial charge in [-0.3, -0.25) is 19.0 Å². The summed E-state index contributed by atoms with van der Waals surface area (Å²) in [5, 5.41) is 24.5. The number of hydrogen-bond donors (Lipinski definition) is 3. The van der Waals surface area contributed by atoms with Crippen LogP contribution in [-0.2, 0) is 49.5 Å². The second-order valence-corrected chi connectivity index (χ2v) is 17.6. The van der Waals surface area contributed by atoms with E-state index in [1.807, 2.05) is 70.2 Å². The summed E-state index contributed by atoms with van der Waals surface area (Å²) in [7, 11) is -3.19. The van der Waals surface area contributed by atoms with Gasteiger partial charge < -0.3 is 24.7 Å². The first-order valence-corrected chi connectivity index (χ1v) is 21.2. The second-order valence-electron chi connectivity index (χ2n) is 15.4. The number of carbonyl (C=O) groups excluding carboxylic acids is 1. The van der Waals surface area contributed by atoms with Crippen LogP contribution in [0.25, 0.3) is 0 Å². The lowest BCUT2D eigenvalue weighted by Crippen LogP contribution is -2.47. The predicted octanol–water partition coefficient (Wildman–Crippen LogP) is 5.85. The van der Waals surface area contributed by atoms with Crippen molar-refractivity contribution in [3.63, 3.8) is 0 Å². The molecular formula is C41H49N4O12S2+. The van der Waals surface area contributed by atoms with Crippen LogP contribution in [-0.4, -0.2) is 109 Å². The van der Waals surface area contributed by atoms with Crippen LogP contribution < -0.4 is 9.80 Å². The Morgan fingerprint density at radius 1 is 0.831 bits per heavy atom. The van der Waals surface area contributed by atoms with Crippen LogP contribution in [0.1, 0.15) is 58.6 Å². The lowest BCUT2D eigenvalue weighted by Gasteiger charge is -2.26. The van der Waals surface area contributed by atoms with Gasteiger partial charge in [-0.25, -0.2) is 14.3 Å². The first-order valence-electron chi connectivity index (χ1n) is 19.0. The number of carboxylic acids is 2. The molecular weight excluding hydrogens is 805 g/mol. The molecule has 0 radical (unpaired) electrons. The minimum atomic E-state index is -4.51. The lowest BCUT2D eigenvalue weighted by atomic mass is 9.83. The van der Waals surface area contributed by atoms with Gasteiger partial charge in [0, 0.05) is 49.6 Å². The third-order valence-corrected chi connectivity index (χ3v) is 12.5. The minimum Gasteiger partial charge on any atom is -0.480 e. The average Bonchev–Trinajstić information content (AvgIpc) is 3.74. The average molecular weight is 854 g/mol. The van der Waals surface area contributed by atoms with E-state index in [4.69, 9.17) is 9.07 Å². The highest BCUT2D eigenvalue weighted by molar-refractivity contribution is 7.94. The van der Waals surface area contributed by atoms with Crippen LogP contribution in [0.5, 0.6) is 0 Å². The lowest BCUT2D eigenvalue weighted by molar-refractivity contribution is -0.537. The molecule has 1 aliphatic carbocycles. The summed E-state index contributed by atoms with van der Waals surface area (Å²) in [6, 6.07) is 9.77. The van der Waals surface area contributed by atoms with Crippen LogP contribution in [0.3, 0.4) is 0 Å². The fourth-order valence-electron chi connectivity index (χ4n) is 8.34. The van der Waals surface area contributed by atoms with E-state index in [-0.39, 0.29) is 30.7 Å². The van der Waals surface area contributed by atoms with Gasteiger partial charge in [-0.1, -0.05) is 44.9 Å². The number of allylic oxidation sites excluding steroid dienone is 8. The highest BCUT2D eigenvalue weighted by Crippen LogP contribution is 2.50. The Morgan fingerprint density at radius 3 is 1.85 bits per heavy atom. The number of hydrogen-bond acceptors (Lipinski definition) is 12. The number of nitrogens with zero attached hydrogens (tertiary/aromatic N) is 4. The Morgan fingerprint density at radius 2 is 1.36 bits per heavy atom. The highest BCUT2D eigenvalue weighted by atomic mass is 32.2. The smallest absolute Gasteiger partial charge is 0.410 e. The third-order valence-electron chi connectivity index (χ3n) is 11.1. The van der Waals surface area contributed by atoms with Crippen LogP contribution >= 0.6 is 12.0 Å². The molecule has 3 N–H and O–H groups in total. The zero-order valence-electron chi connectivity index (χ0n) is 33.8. The number of ether oxygens (including phenoxy) is 1. The van der Waals surface area contributed by atoms with Crippen molar-refractivity contribution in [2.75, 3.05) is 62.8 Å². The molecule has 6 rings (SSSR count). The molecule has 18 heteroatoms. The van der Waals surface area contributed by atoms with E-state index in [0.717, 1.165) is 50.7 Å². The van der Waals surface area contributed by atoms with Crippen LogP contribution in [0.4, 0.5) is 16.2 Å². The van der Waals surface area contributed by atoms with Crippen molar-refractivity contribution in [1.29, 1.82) is 0 Å². The fourth-order valence-corrected chi connectivity index (χ4v) is 9.30. The van der Waals surface area contributed by atoms with Gasteiger partial charge in [-0.05, 0) is 79.4 Å². The number of piperazine rings is 1. The zero-order valence-corrected chi connectivity index (χ0v) is 35.4. The zero-order chi connectivity index (χ0) is 42.9. The Balaban J connectivity index is 1.43. The number of anilines is 2. The van der Waals surface area contributed by atoms with Crippen LogP contribution in [0.15, 0.2) is 93.0 Å². The molecule has 0 spiro atoms. The summed E-state index contributed by atoms with van der Waals surface area (Å²) in [5.74, 6) is -2.06. The van der Waals surface area contributed by atoms with E-state index in [2.05, 4.69) is 14.5 Å². The Labute approximate surface area is 347 Å². The van der Waals surface area contributed by atoms with Crippen molar-refractivity contribution in [3.05, 3.63) is 94.4 Å². The first kappa shape index (κ1) is 43.6. The molecule has 59 heavy (non-hydrogen) atoms. The summed E-state index contributed by atoms with van der Waals surface area (Å²) in [4.78, 5) is 47.1. The van der Waals surface area contributed by atoms with Crippen LogP contribution in [0, 0.1) is 0 Å². The second kappa shape index (κ2) is 17.3. The van der Waals surface area contributed by atoms with Crippen molar-refractivity contribution in [2.24, 2.45) is 0 Å². The number of fused-ring (bicyclic) bond motifs is 2. The number of aliphatic carboxylic acids is 2. The number of carboxylic acid groups (broad SMARTS) is 2. The number of benzene rings is 2. The van der Waals surface area contributed by atoms with Crippen molar-refractivity contribution >= 4 is 57.3 Å². The molecule has 1 saturated heterocycles. The van der Waals surface area contributed by atoms with E-state index < -0.39 is 32.9 Å². The van der Waals surface area contributed by atoms with Gasteiger partial charge in [-0.15, -0.1) is 4.33 Å². The van der Waals surface area contributed by atoms with E-state index in [0.29, 0.717) is 56.0 Å². The van der Waals surface area contributed by atoms with Gasteiger partial charge in [0.25, 0.3) is 10.1 Å². The molecule has 316 valence electrons. The maximum Gasteiger partial charge on any atom is 0.410 e. The van der Waals surface area contributed by atoms with Gasteiger partial charge in [-0.2, -0.15) is 8.42 Å². The largest absolute Gasteiger partial charge is 0.480 e. The van der Waals surface area contributed by atoms with E-state index in [1.54, 1.807) is 21.6 Å². The van der Waals surface area contributed by atoms with Crippen molar-refractivity contribution in [3.8, 4) is 0 Å². The molecule has 3 aliphatic heterocycles. The van der Waals surface area contributed by atoms with Crippen molar-refractivity contribution in [1.82, 2.24) is 4.90 Å². The summed E-state index contributed by atoms with van der Waals surface area (Å²) >= 11 is 0.965. The van der Waals surface area contributed by atoms with Gasteiger partial charge in [0.2, 0.25) is 5.71 Å². The maximum absolute atomic E-state index is 12.6. The SMILES string of the molecule is CCOC(=O)N1CC[N+](=C2C(=CC=C3N(CC(=O)O)c4ccc(SOOOC)cc4C3(C)C)CC/C2=C\C=C2\N(CC(=O)O)c3ccc(S(=O)(=O)O)cc3C2(C)C)CC1. The molecule has 16 nitrogen and oxygen atoms in total. The summed E-state index contributed by atoms with van der Waals surface area (Å²) in [6.07, 6.45) is 8.78. The normalized spacial score (nSPS) is 21.2. The van der Waals surface area contributed by atoms with E-state index in [9.17, 15) is 37.6 Å². The topological polar surface area (TPSA) is 196 Å². The molecule has 1 amide bonds. The highest BCUT2D eigenvalue weighted by Gasteiger charge is 2.43. The Kier molecular flexibility index (Phi) is 12.8. The van der Waals surface area contributed by atoms with Gasteiger partial charge >= 0.3 is 18.0 Å². The van der Waals surface area contributed by atoms with Crippen molar-refractivity contribution in [2.45, 2.75) is 68.1 Å². The third kappa shape index (κ3) is 8.97. The molecule has 2 aromatic carbocycles. The maximum atomic E-state index is 12.6. The van der Waals surface area contributed by atoms with Gasteiger partial charge in [0.1, 0.15) is 13.1 Å². The fraction of sp³-hybridized carbons (Fsp3) is 0.415. The molecule has 1 saturated carbocycles. The molecule has 0 unspecified atom stereocenters. The quantitative estimate of drug-likeness (QED) is 0.0574. The molecule has 4 aliphatic rings. The molecule has 0 bridgehead atoms. The van der Waals surface area contributed by atoms with Crippen molar-refractivity contribution < 1.29 is 61.1 Å². The Bertz CT molecular complexity index is 2300. The monoisotopic (exact) mass is 853 g/mol. The molecule has 0 aromatic heterocycles. The van der Waals surface area contributed by atoms with E-state index >= 15 is 0 Å². The Hall–Kier alpha value is -4.98. The van der Waals surface area contributed by atoms with Gasteiger partial charge in [0.15, 0.2) is 13.1 Å². The van der Waals surface area contributed by atoms with Crippen LogP contribution in [0.2, 0.25) is 0 Å². The van der Waals surface area contributed by atoms with Gasteiger partial charge in [0.05, 0.1) is 43.7 Å². The minimum absolute atomic E-state index is 0.261. The predicted molar refractivity (Wildman–Crippen MR) is 219 cm³/mol. The molecule has 2 aromatic rings. The molecule has 2 fully saturated rings. The summed E-state index contributed by atoms with van der Waals surface area (Å²) in [5.41, 5.74) is 5.65. The number of rotatable bonds is 12. The summed E-state index contributed by atoms with van der Waals surface area (Å²) in [6.45, 7) is 11.1. The van der Waals surface area contributed by atoms with E-state index in [1.165, 1.54) is 25.3 Å². The number of amides is 1. The summed E-state index contributed by atoms with van der Waals surface area (Å²) < 4.78 is 46.5. The standard InChI is InChI=1S/C41H48N4O12S2/c1-7-55-39(50)43-20-18-42(19-21-43)38-26(10-16-34-40(2,3)30-22-28(58-57-56-54-6)12-14-32(30)44(34)24-36(46)47)8-9-27(38)11-17-35-41(4,5)31-23-29(59(51,52)53)13-15-33(31)45(35)25-37(48)49/h10-17,22-23H,7-9,18-21,24-25H2,1-6H3,(H2-,46,47,48,49,51,52,53)/p+1. The first-order chi connectivity index (χ1) is 27.9. The molecule has 3 heterocycles. The molecule has 0 atom stereocenters. The number of carbonyl (C=O) groups is 3.